The van der Waals surface area contributed by atoms with Gasteiger partial charge in [-0.05, 0) is 24.6 Å². The van der Waals surface area contributed by atoms with Crippen LogP contribution in [0, 0.1) is 5.92 Å². The van der Waals surface area contributed by atoms with Crippen molar-refractivity contribution in [2.75, 3.05) is 20.6 Å². The summed E-state index contributed by atoms with van der Waals surface area (Å²) in [6.45, 7) is 3.78. The molecule has 0 aliphatic carbocycles. The summed E-state index contributed by atoms with van der Waals surface area (Å²) >= 11 is 3.35. The van der Waals surface area contributed by atoms with Crippen LogP contribution < -0.4 is 11.1 Å². The molecule has 0 aliphatic rings. The lowest BCUT2D eigenvalue weighted by Gasteiger charge is -2.31. The summed E-state index contributed by atoms with van der Waals surface area (Å²) < 4.78 is 0.927. The van der Waals surface area contributed by atoms with Crippen LogP contribution in [0.15, 0.2) is 28.7 Å². The maximum absolute atomic E-state index is 12.6. The van der Waals surface area contributed by atoms with Crippen LogP contribution in [0.25, 0.3) is 0 Å². The van der Waals surface area contributed by atoms with Gasteiger partial charge in [-0.15, -0.1) is 12.4 Å². The third-order valence-corrected chi connectivity index (χ3v) is 4.01. The summed E-state index contributed by atoms with van der Waals surface area (Å²) in [6, 6.07) is 7.33. The first-order chi connectivity index (χ1) is 9.70. The molecule has 1 rings (SSSR count). The fraction of sp³-hybridized carbons (Fsp3) is 0.467. The third-order valence-electron chi connectivity index (χ3n) is 3.48. The molecule has 0 heterocycles. The summed E-state index contributed by atoms with van der Waals surface area (Å²) in [5.74, 6) is -0.609. The normalized spacial score (nSPS) is 14.3. The summed E-state index contributed by atoms with van der Waals surface area (Å²) in [5, 5.41) is 2.57. The standard InChI is InChI=1S/C15H22BrN3O2.ClH/c1-10(13(20)18-3)9-19(4)14(21)15(2,17)11-5-7-12(16)8-6-11;/h5-8,10H,9,17H2,1-4H3,(H,18,20);1H. The van der Waals surface area contributed by atoms with E-state index in [1.54, 1.807) is 27.9 Å². The van der Waals surface area contributed by atoms with Crippen molar-refractivity contribution in [1.82, 2.24) is 10.2 Å². The Morgan fingerprint density at radius 2 is 1.86 bits per heavy atom. The number of nitrogens with two attached hydrogens (primary N) is 1. The number of halogens is 2. The number of carbonyl (C=O) groups excluding carboxylic acids is 2. The Hall–Kier alpha value is -1.11. The van der Waals surface area contributed by atoms with E-state index in [9.17, 15) is 9.59 Å². The second-order valence-electron chi connectivity index (χ2n) is 5.41. The predicted octanol–water partition coefficient (Wildman–Crippen LogP) is 1.89. The number of rotatable bonds is 5. The largest absolute Gasteiger partial charge is 0.359 e. The molecule has 5 nitrogen and oxygen atoms in total. The van der Waals surface area contributed by atoms with E-state index in [0.29, 0.717) is 6.54 Å². The molecule has 0 fully saturated rings. The maximum atomic E-state index is 12.6. The summed E-state index contributed by atoms with van der Waals surface area (Å²) in [5.41, 5.74) is 5.81. The smallest absolute Gasteiger partial charge is 0.246 e. The minimum atomic E-state index is -1.13. The van der Waals surface area contributed by atoms with E-state index in [1.807, 2.05) is 24.3 Å². The van der Waals surface area contributed by atoms with E-state index in [1.165, 1.54) is 4.90 Å². The number of nitrogens with one attached hydrogen (secondary N) is 1. The number of benzene rings is 1. The van der Waals surface area contributed by atoms with Crippen molar-refractivity contribution in [1.29, 1.82) is 0 Å². The monoisotopic (exact) mass is 391 g/mol. The number of amides is 2. The molecular formula is C15H23BrClN3O2. The first-order valence-corrected chi connectivity index (χ1v) is 7.51. The Kier molecular flexibility index (Phi) is 8.07. The lowest BCUT2D eigenvalue weighted by molar-refractivity contribution is -0.136. The van der Waals surface area contributed by atoms with Gasteiger partial charge in [-0.3, -0.25) is 9.59 Å². The lowest BCUT2D eigenvalue weighted by atomic mass is 9.91. The Labute approximate surface area is 146 Å². The van der Waals surface area contributed by atoms with Crippen molar-refractivity contribution in [3.8, 4) is 0 Å². The molecule has 3 N–H and O–H groups in total. The summed E-state index contributed by atoms with van der Waals surface area (Å²) in [7, 11) is 3.24. The third kappa shape index (κ3) is 4.97. The quantitative estimate of drug-likeness (QED) is 0.803. The minimum Gasteiger partial charge on any atom is -0.359 e. The van der Waals surface area contributed by atoms with Gasteiger partial charge in [0.25, 0.3) is 0 Å². The highest BCUT2D eigenvalue weighted by atomic mass is 79.9. The molecular weight excluding hydrogens is 370 g/mol. The molecule has 0 saturated carbocycles. The Balaban J connectivity index is 0.00000441. The second kappa shape index (κ2) is 8.50. The van der Waals surface area contributed by atoms with Crippen LogP contribution in [-0.2, 0) is 15.1 Å². The number of hydrogen-bond acceptors (Lipinski definition) is 3. The van der Waals surface area contributed by atoms with Gasteiger partial charge in [0.1, 0.15) is 5.54 Å². The van der Waals surface area contributed by atoms with E-state index < -0.39 is 5.54 Å². The van der Waals surface area contributed by atoms with Crippen molar-refractivity contribution >= 4 is 40.2 Å². The van der Waals surface area contributed by atoms with E-state index in [-0.39, 0.29) is 30.1 Å². The SMILES string of the molecule is CNC(=O)C(C)CN(C)C(=O)C(C)(N)c1ccc(Br)cc1.Cl. The van der Waals surface area contributed by atoms with Crippen molar-refractivity contribution < 1.29 is 9.59 Å². The van der Waals surface area contributed by atoms with Gasteiger partial charge < -0.3 is 16.0 Å². The number of likely N-dealkylation sites (N-methyl/N-ethyl adjacent to an activating group) is 1. The fourth-order valence-corrected chi connectivity index (χ4v) is 2.40. The van der Waals surface area contributed by atoms with Gasteiger partial charge in [-0.25, -0.2) is 0 Å². The molecule has 124 valence electrons. The molecule has 7 heteroatoms. The van der Waals surface area contributed by atoms with Crippen LogP contribution in [0.2, 0.25) is 0 Å². The topological polar surface area (TPSA) is 75.4 Å². The van der Waals surface area contributed by atoms with E-state index in [0.717, 1.165) is 10.0 Å². The zero-order chi connectivity index (χ0) is 16.2. The van der Waals surface area contributed by atoms with Gasteiger partial charge in [-0.2, -0.15) is 0 Å². The fourth-order valence-electron chi connectivity index (χ4n) is 2.14. The molecule has 0 bridgehead atoms. The maximum Gasteiger partial charge on any atom is 0.246 e. The van der Waals surface area contributed by atoms with Gasteiger partial charge in [0, 0.05) is 25.1 Å². The van der Waals surface area contributed by atoms with Crippen LogP contribution in [0.4, 0.5) is 0 Å². The molecule has 1 aromatic rings. The van der Waals surface area contributed by atoms with Crippen LogP contribution in [0.3, 0.4) is 0 Å². The van der Waals surface area contributed by atoms with E-state index in [4.69, 9.17) is 5.73 Å². The Morgan fingerprint density at radius 1 is 1.36 bits per heavy atom. The van der Waals surface area contributed by atoms with Gasteiger partial charge >= 0.3 is 0 Å². The first-order valence-electron chi connectivity index (χ1n) is 6.72. The zero-order valence-corrected chi connectivity index (χ0v) is 15.6. The highest BCUT2D eigenvalue weighted by molar-refractivity contribution is 9.10. The number of carbonyl (C=O) groups is 2. The summed E-state index contributed by atoms with van der Waals surface area (Å²) in [6.07, 6.45) is 0. The molecule has 0 saturated heterocycles. The predicted molar refractivity (Wildman–Crippen MR) is 93.8 cm³/mol. The van der Waals surface area contributed by atoms with Crippen LogP contribution >= 0.6 is 28.3 Å². The minimum absolute atomic E-state index is 0. The average molecular weight is 393 g/mol. The Morgan fingerprint density at radius 3 is 2.32 bits per heavy atom. The molecule has 1 aromatic carbocycles. The molecule has 0 radical (unpaired) electrons. The van der Waals surface area contributed by atoms with Crippen molar-refractivity contribution in [2.24, 2.45) is 11.7 Å². The second-order valence-corrected chi connectivity index (χ2v) is 6.33. The lowest BCUT2D eigenvalue weighted by Crippen LogP contribution is -2.51. The summed E-state index contributed by atoms with van der Waals surface area (Å²) in [4.78, 5) is 25.6. The molecule has 22 heavy (non-hydrogen) atoms. The molecule has 0 aromatic heterocycles. The Bertz CT molecular complexity index is 520. The van der Waals surface area contributed by atoms with Crippen molar-refractivity contribution in [2.45, 2.75) is 19.4 Å². The average Bonchev–Trinajstić information content (AvgIpc) is 2.45. The van der Waals surface area contributed by atoms with Crippen LogP contribution in [0.5, 0.6) is 0 Å². The number of hydrogen-bond donors (Lipinski definition) is 2. The van der Waals surface area contributed by atoms with Crippen molar-refractivity contribution in [3.05, 3.63) is 34.3 Å². The molecule has 2 atom stereocenters. The van der Waals surface area contributed by atoms with E-state index in [2.05, 4.69) is 21.2 Å². The zero-order valence-electron chi connectivity index (χ0n) is 13.2. The molecule has 2 amide bonds. The van der Waals surface area contributed by atoms with Crippen molar-refractivity contribution in [3.63, 3.8) is 0 Å². The van der Waals surface area contributed by atoms with Gasteiger partial charge in [0.2, 0.25) is 11.8 Å². The van der Waals surface area contributed by atoms with Crippen LogP contribution in [0.1, 0.15) is 19.4 Å². The highest BCUT2D eigenvalue weighted by Crippen LogP contribution is 2.22. The molecule has 0 aliphatic heterocycles. The van der Waals surface area contributed by atoms with Gasteiger partial charge in [0.15, 0.2) is 0 Å². The number of nitrogens with zero attached hydrogens (tertiary/aromatic N) is 1. The van der Waals surface area contributed by atoms with Gasteiger partial charge in [-0.1, -0.05) is 35.0 Å². The van der Waals surface area contributed by atoms with E-state index >= 15 is 0 Å². The van der Waals surface area contributed by atoms with Gasteiger partial charge in [0.05, 0.1) is 5.92 Å². The van der Waals surface area contributed by atoms with Crippen LogP contribution in [-0.4, -0.2) is 37.4 Å². The highest BCUT2D eigenvalue weighted by Gasteiger charge is 2.34. The molecule has 0 spiro atoms. The first kappa shape index (κ1) is 20.9. The molecule has 2 unspecified atom stereocenters.